The van der Waals surface area contributed by atoms with Crippen molar-refractivity contribution in [3.8, 4) is 0 Å². The fraction of sp³-hybridized carbons (Fsp3) is 0.318. The van der Waals surface area contributed by atoms with Crippen molar-refractivity contribution in [3.05, 3.63) is 72.0 Å². The second kappa shape index (κ2) is 15.7. The van der Waals surface area contributed by atoms with E-state index in [1.165, 1.54) is 12.6 Å². The molecule has 1 aromatic carbocycles. The van der Waals surface area contributed by atoms with E-state index in [0.717, 1.165) is 39.1 Å². The SMILES string of the molecule is C=CN=C(/C=C\C)C(=C)c1cc(Br)ccc1N(C)C(=C)CC.CC.CCl. The van der Waals surface area contributed by atoms with Gasteiger partial charge in [-0.2, -0.15) is 0 Å². The van der Waals surface area contributed by atoms with Gasteiger partial charge in [0.25, 0.3) is 0 Å². The second-order valence-corrected chi connectivity index (χ2v) is 5.73. The van der Waals surface area contributed by atoms with Gasteiger partial charge in [0.15, 0.2) is 0 Å². The van der Waals surface area contributed by atoms with E-state index >= 15 is 0 Å². The molecule has 2 nitrogen and oxygen atoms in total. The van der Waals surface area contributed by atoms with Crippen LogP contribution in [0.1, 0.15) is 39.7 Å². The number of alkyl halides is 1. The maximum Gasteiger partial charge on any atom is 0.0699 e. The highest BCUT2D eigenvalue weighted by molar-refractivity contribution is 9.10. The first-order chi connectivity index (χ1) is 12.5. The lowest BCUT2D eigenvalue weighted by atomic mass is 9.99. The zero-order valence-electron chi connectivity index (χ0n) is 16.9. The smallest absolute Gasteiger partial charge is 0.0699 e. The van der Waals surface area contributed by atoms with E-state index < -0.39 is 0 Å². The lowest BCUT2D eigenvalue weighted by Crippen LogP contribution is -2.17. The summed E-state index contributed by atoms with van der Waals surface area (Å²) in [6, 6.07) is 6.14. The maximum absolute atomic E-state index is 4.64. The van der Waals surface area contributed by atoms with Crippen LogP contribution >= 0.6 is 27.5 Å². The molecule has 0 fully saturated rings. The largest absolute Gasteiger partial charge is 0.348 e. The van der Waals surface area contributed by atoms with Crippen LogP contribution in [0, 0.1) is 0 Å². The molecule has 0 atom stereocenters. The van der Waals surface area contributed by atoms with Gasteiger partial charge in [0.1, 0.15) is 0 Å². The van der Waals surface area contributed by atoms with Crippen molar-refractivity contribution in [2.45, 2.75) is 34.1 Å². The Labute approximate surface area is 173 Å². The quantitative estimate of drug-likeness (QED) is 0.312. The van der Waals surface area contributed by atoms with E-state index in [1.807, 2.05) is 46.0 Å². The molecule has 0 saturated carbocycles. The lowest BCUT2D eigenvalue weighted by molar-refractivity contribution is 0.983. The molecule has 0 amide bonds. The Bertz CT molecular complexity index is 646. The van der Waals surface area contributed by atoms with Gasteiger partial charge >= 0.3 is 0 Å². The Hall–Kier alpha value is -1.58. The predicted octanol–water partition coefficient (Wildman–Crippen LogP) is 7.86. The molecule has 26 heavy (non-hydrogen) atoms. The molecule has 1 aromatic rings. The summed E-state index contributed by atoms with van der Waals surface area (Å²) in [6.45, 7) is 20.1. The van der Waals surface area contributed by atoms with E-state index in [9.17, 15) is 0 Å². The molecule has 0 bridgehead atoms. The number of hydrogen-bond donors (Lipinski definition) is 0. The first-order valence-corrected chi connectivity index (χ1v) is 10.1. The van der Waals surface area contributed by atoms with Crippen LogP contribution in [0.4, 0.5) is 5.69 Å². The van der Waals surface area contributed by atoms with Crippen LogP contribution < -0.4 is 4.90 Å². The lowest BCUT2D eigenvalue weighted by Gasteiger charge is -2.25. The number of aliphatic imine (C=N–C) groups is 1. The molecule has 1 rings (SSSR count). The maximum atomic E-state index is 4.64. The van der Waals surface area contributed by atoms with Gasteiger partial charge in [-0.05, 0) is 37.6 Å². The van der Waals surface area contributed by atoms with Crippen LogP contribution in [0.15, 0.2) is 71.5 Å². The van der Waals surface area contributed by atoms with Crippen LogP contribution in [0.5, 0.6) is 0 Å². The molecule has 144 valence electrons. The average molecular weight is 440 g/mol. The Balaban J connectivity index is 0. The highest BCUT2D eigenvalue weighted by Gasteiger charge is 2.14. The van der Waals surface area contributed by atoms with Crippen molar-refractivity contribution < 1.29 is 0 Å². The zero-order valence-corrected chi connectivity index (χ0v) is 19.3. The number of halogens is 2. The van der Waals surface area contributed by atoms with E-state index in [0.29, 0.717) is 0 Å². The summed E-state index contributed by atoms with van der Waals surface area (Å²) in [5.74, 6) is 0. The topological polar surface area (TPSA) is 15.6 Å². The van der Waals surface area contributed by atoms with E-state index in [1.54, 1.807) is 0 Å². The first kappa shape index (κ1) is 26.6. The summed E-state index contributed by atoms with van der Waals surface area (Å²) in [5, 5.41) is 0. The summed E-state index contributed by atoms with van der Waals surface area (Å²) < 4.78 is 1.00. The third kappa shape index (κ3) is 8.20. The molecule has 0 spiro atoms. The Morgan fingerprint density at radius 2 is 1.85 bits per heavy atom. The van der Waals surface area contributed by atoms with Crippen molar-refractivity contribution in [3.63, 3.8) is 0 Å². The van der Waals surface area contributed by atoms with Gasteiger partial charge < -0.3 is 4.90 Å². The van der Waals surface area contributed by atoms with Crippen LogP contribution in [0.25, 0.3) is 5.57 Å². The fourth-order valence-corrected chi connectivity index (χ4v) is 2.43. The number of anilines is 1. The van der Waals surface area contributed by atoms with Gasteiger partial charge in [0.2, 0.25) is 0 Å². The Kier molecular flexibility index (Phi) is 16.0. The monoisotopic (exact) mass is 438 g/mol. The number of nitrogens with zero attached hydrogens (tertiary/aromatic N) is 2. The summed E-state index contributed by atoms with van der Waals surface area (Å²) in [4.78, 5) is 6.41. The standard InChI is InChI=1S/C19H23BrN2.C2H6.CH3Cl/c1-7-10-18(21-9-3)15(5)17-13-16(20)11-12-19(17)22(6)14(4)8-2;2*1-2/h7,9-13H,3-5,8H2,1-2,6H3;1-2H3;1H3/b10-7-,21-18?;;. The molecular formula is C22H32BrClN2. The van der Waals surface area contributed by atoms with E-state index in [2.05, 4.69) is 76.2 Å². The van der Waals surface area contributed by atoms with E-state index in [4.69, 9.17) is 0 Å². The molecule has 0 unspecified atom stereocenters. The minimum absolute atomic E-state index is 0.798. The average Bonchev–Trinajstić information content (AvgIpc) is 2.69. The Morgan fingerprint density at radius 1 is 1.27 bits per heavy atom. The van der Waals surface area contributed by atoms with Crippen molar-refractivity contribution >= 4 is 44.5 Å². The van der Waals surface area contributed by atoms with Gasteiger partial charge in [0.05, 0.1) is 5.71 Å². The minimum atomic E-state index is 0.798. The molecule has 4 heteroatoms. The van der Waals surface area contributed by atoms with Crippen molar-refractivity contribution in [2.75, 3.05) is 18.3 Å². The highest BCUT2D eigenvalue weighted by atomic mass is 79.9. The van der Waals surface area contributed by atoms with Gasteiger partial charge in [-0.25, -0.2) is 0 Å². The molecule has 0 heterocycles. The molecule has 0 aliphatic carbocycles. The van der Waals surface area contributed by atoms with Crippen LogP contribution in [0.3, 0.4) is 0 Å². The second-order valence-electron chi connectivity index (χ2n) is 4.82. The molecule has 0 N–H and O–H groups in total. The first-order valence-electron chi connectivity index (χ1n) is 8.56. The fourth-order valence-electron chi connectivity index (χ4n) is 2.07. The van der Waals surface area contributed by atoms with Gasteiger partial charge in [-0.3, -0.25) is 4.99 Å². The molecule has 0 saturated heterocycles. The van der Waals surface area contributed by atoms with Crippen LogP contribution in [-0.2, 0) is 0 Å². The van der Waals surface area contributed by atoms with Gasteiger partial charge in [-0.1, -0.05) is 62.5 Å². The molecular weight excluding hydrogens is 408 g/mol. The van der Waals surface area contributed by atoms with E-state index in [-0.39, 0.29) is 0 Å². The zero-order chi connectivity index (χ0) is 20.7. The number of rotatable bonds is 7. The highest BCUT2D eigenvalue weighted by Crippen LogP contribution is 2.32. The summed E-state index contributed by atoms with van der Waals surface area (Å²) in [5.41, 5.74) is 4.77. The van der Waals surface area contributed by atoms with Crippen molar-refractivity contribution in [2.24, 2.45) is 4.99 Å². The molecule has 0 radical (unpaired) electrons. The number of hydrogen-bond acceptors (Lipinski definition) is 2. The van der Waals surface area contributed by atoms with Crippen LogP contribution in [-0.4, -0.2) is 19.1 Å². The summed E-state index contributed by atoms with van der Waals surface area (Å²) in [6.07, 6.45) is 7.77. The third-order valence-corrected chi connectivity index (χ3v) is 3.88. The molecule has 0 aliphatic rings. The number of benzene rings is 1. The number of allylic oxidation sites excluding steroid dienone is 4. The van der Waals surface area contributed by atoms with Gasteiger partial charge in [0, 0.05) is 46.6 Å². The minimum Gasteiger partial charge on any atom is -0.348 e. The van der Waals surface area contributed by atoms with Crippen molar-refractivity contribution in [1.82, 2.24) is 0 Å². The molecule has 0 aliphatic heterocycles. The predicted molar refractivity (Wildman–Crippen MR) is 127 cm³/mol. The Morgan fingerprint density at radius 3 is 2.31 bits per heavy atom. The normalized spacial score (nSPS) is 10.2. The third-order valence-electron chi connectivity index (χ3n) is 3.39. The van der Waals surface area contributed by atoms with Gasteiger partial charge in [-0.15, -0.1) is 11.6 Å². The summed E-state index contributed by atoms with van der Waals surface area (Å²) in [7, 11) is 2.02. The van der Waals surface area contributed by atoms with Crippen LogP contribution in [0.2, 0.25) is 0 Å². The summed E-state index contributed by atoms with van der Waals surface area (Å²) >= 11 is 8.17. The molecule has 0 aromatic heterocycles. The van der Waals surface area contributed by atoms with Crippen molar-refractivity contribution in [1.29, 1.82) is 0 Å².